The monoisotopic (exact) mass is 239 g/mol. The fraction of sp³-hybridized carbons (Fsp3) is 0.417. The van der Waals surface area contributed by atoms with E-state index in [0.29, 0.717) is 5.69 Å². The SMILES string of the molecule is CC(C)(C)OC(=O)Nc1cccc(O)c1CO. The summed E-state index contributed by atoms with van der Waals surface area (Å²) in [4.78, 5) is 11.5. The molecule has 1 aromatic rings. The van der Waals surface area contributed by atoms with Crippen molar-refractivity contribution in [1.82, 2.24) is 0 Å². The van der Waals surface area contributed by atoms with Crippen molar-refractivity contribution in [1.29, 1.82) is 0 Å². The van der Waals surface area contributed by atoms with Crippen LogP contribution in [0.3, 0.4) is 0 Å². The van der Waals surface area contributed by atoms with Gasteiger partial charge in [-0.1, -0.05) is 6.07 Å². The van der Waals surface area contributed by atoms with Crippen LogP contribution in [0.25, 0.3) is 0 Å². The van der Waals surface area contributed by atoms with Gasteiger partial charge in [-0.2, -0.15) is 0 Å². The molecule has 0 unspecified atom stereocenters. The first kappa shape index (κ1) is 13.3. The summed E-state index contributed by atoms with van der Waals surface area (Å²) in [6.45, 7) is 4.89. The maximum absolute atomic E-state index is 11.5. The van der Waals surface area contributed by atoms with E-state index in [4.69, 9.17) is 9.84 Å². The van der Waals surface area contributed by atoms with Gasteiger partial charge < -0.3 is 14.9 Å². The Morgan fingerprint density at radius 1 is 1.41 bits per heavy atom. The first-order valence-electron chi connectivity index (χ1n) is 5.25. The number of amides is 1. The van der Waals surface area contributed by atoms with Crippen LogP contribution in [0.2, 0.25) is 0 Å². The van der Waals surface area contributed by atoms with Crippen molar-refractivity contribution in [2.75, 3.05) is 5.32 Å². The number of aromatic hydroxyl groups is 1. The second kappa shape index (κ2) is 5.05. The minimum atomic E-state index is -0.627. The van der Waals surface area contributed by atoms with Gasteiger partial charge in [0, 0.05) is 5.56 Å². The Balaban J connectivity index is 2.82. The molecule has 0 bridgehead atoms. The molecule has 0 fully saturated rings. The van der Waals surface area contributed by atoms with E-state index in [9.17, 15) is 9.90 Å². The van der Waals surface area contributed by atoms with Gasteiger partial charge in [-0.3, -0.25) is 5.32 Å². The van der Waals surface area contributed by atoms with Crippen molar-refractivity contribution in [2.24, 2.45) is 0 Å². The van der Waals surface area contributed by atoms with E-state index in [2.05, 4.69) is 5.32 Å². The van der Waals surface area contributed by atoms with Gasteiger partial charge in [0.1, 0.15) is 11.4 Å². The van der Waals surface area contributed by atoms with E-state index >= 15 is 0 Å². The Morgan fingerprint density at radius 3 is 2.59 bits per heavy atom. The van der Waals surface area contributed by atoms with Crippen LogP contribution >= 0.6 is 0 Å². The van der Waals surface area contributed by atoms with Crippen molar-refractivity contribution >= 4 is 11.8 Å². The largest absolute Gasteiger partial charge is 0.508 e. The number of carbonyl (C=O) groups excluding carboxylic acids is 1. The normalized spacial score (nSPS) is 11.1. The lowest BCUT2D eigenvalue weighted by molar-refractivity contribution is 0.0635. The molecule has 0 atom stereocenters. The number of anilines is 1. The average Bonchev–Trinajstić information content (AvgIpc) is 2.14. The highest BCUT2D eigenvalue weighted by molar-refractivity contribution is 5.86. The number of rotatable bonds is 2. The van der Waals surface area contributed by atoms with Crippen LogP contribution in [0.1, 0.15) is 26.3 Å². The first-order chi connectivity index (χ1) is 7.83. The van der Waals surface area contributed by atoms with Crippen LogP contribution in [-0.2, 0) is 11.3 Å². The van der Waals surface area contributed by atoms with Crippen LogP contribution in [0.4, 0.5) is 10.5 Å². The number of ether oxygens (including phenoxy) is 1. The molecule has 0 aromatic heterocycles. The Kier molecular flexibility index (Phi) is 3.96. The average molecular weight is 239 g/mol. The molecule has 1 aromatic carbocycles. The van der Waals surface area contributed by atoms with E-state index in [1.807, 2.05) is 0 Å². The molecule has 0 aliphatic carbocycles. The smallest absolute Gasteiger partial charge is 0.412 e. The van der Waals surface area contributed by atoms with Crippen molar-refractivity contribution in [3.63, 3.8) is 0 Å². The van der Waals surface area contributed by atoms with Crippen LogP contribution < -0.4 is 5.32 Å². The molecule has 1 rings (SSSR count). The zero-order valence-electron chi connectivity index (χ0n) is 10.2. The highest BCUT2D eigenvalue weighted by atomic mass is 16.6. The summed E-state index contributed by atoms with van der Waals surface area (Å²) in [7, 11) is 0. The number of phenols is 1. The summed E-state index contributed by atoms with van der Waals surface area (Å²) in [5, 5.41) is 21.1. The number of hydrogen-bond donors (Lipinski definition) is 3. The molecular weight excluding hydrogens is 222 g/mol. The van der Waals surface area contributed by atoms with Crippen LogP contribution in [-0.4, -0.2) is 21.9 Å². The zero-order valence-corrected chi connectivity index (χ0v) is 10.2. The maximum Gasteiger partial charge on any atom is 0.412 e. The van der Waals surface area contributed by atoms with E-state index in [1.54, 1.807) is 32.9 Å². The molecule has 17 heavy (non-hydrogen) atoms. The summed E-state index contributed by atoms with van der Waals surface area (Å²) in [6, 6.07) is 4.59. The molecule has 0 spiro atoms. The van der Waals surface area contributed by atoms with Crippen LogP contribution in [0.5, 0.6) is 5.75 Å². The molecule has 3 N–H and O–H groups in total. The predicted octanol–water partition coefficient (Wildman–Crippen LogP) is 2.23. The molecule has 94 valence electrons. The summed E-state index contributed by atoms with van der Waals surface area (Å²) in [5.41, 5.74) is 0.000385. The highest BCUT2D eigenvalue weighted by Crippen LogP contribution is 2.25. The number of aliphatic hydroxyl groups excluding tert-OH is 1. The quantitative estimate of drug-likeness (QED) is 0.739. The van der Waals surface area contributed by atoms with Crippen molar-refractivity contribution < 1.29 is 19.7 Å². The summed E-state index contributed by atoms with van der Waals surface area (Å²) < 4.78 is 5.07. The Morgan fingerprint density at radius 2 is 2.06 bits per heavy atom. The van der Waals surface area contributed by atoms with Gasteiger partial charge in [0.15, 0.2) is 0 Å². The van der Waals surface area contributed by atoms with Crippen LogP contribution in [0.15, 0.2) is 18.2 Å². The number of aliphatic hydroxyl groups is 1. The van der Waals surface area contributed by atoms with Crippen molar-refractivity contribution in [2.45, 2.75) is 33.0 Å². The number of carbonyl (C=O) groups is 1. The van der Waals surface area contributed by atoms with E-state index in [1.165, 1.54) is 6.07 Å². The van der Waals surface area contributed by atoms with Gasteiger partial charge in [0.05, 0.1) is 12.3 Å². The third kappa shape index (κ3) is 3.96. The molecule has 0 saturated carbocycles. The van der Waals surface area contributed by atoms with E-state index in [0.717, 1.165) is 0 Å². The van der Waals surface area contributed by atoms with E-state index < -0.39 is 11.7 Å². The fourth-order valence-corrected chi connectivity index (χ4v) is 1.27. The number of benzene rings is 1. The molecule has 0 aliphatic rings. The molecule has 5 heteroatoms. The predicted molar refractivity (Wildman–Crippen MR) is 63.9 cm³/mol. The molecule has 1 amide bonds. The first-order valence-corrected chi connectivity index (χ1v) is 5.25. The second-order valence-corrected chi connectivity index (χ2v) is 4.59. The Hall–Kier alpha value is -1.75. The van der Waals surface area contributed by atoms with Crippen molar-refractivity contribution in [3.05, 3.63) is 23.8 Å². The third-order valence-corrected chi connectivity index (χ3v) is 1.95. The third-order valence-electron chi connectivity index (χ3n) is 1.95. The molecule has 5 nitrogen and oxygen atoms in total. The number of hydrogen-bond acceptors (Lipinski definition) is 4. The molecule has 0 aliphatic heterocycles. The summed E-state index contributed by atoms with van der Waals surface area (Å²) in [6.07, 6.45) is -0.627. The maximum atomic E-state index is 11.5. The van der Waals surface area contributed by atoms with Crippen molar-refractivity contribution in [3.8, 4) is 5.75 Å². The zero-order chi connectivity index (χ0) is 13.1. The van der Waals surface area contributed by atoms with Gasteiger partial charge in [0.2, 0.25) is 0 Å². The Bertz CT molecular complexity index is 409. The van der Waals surface area contributed by atoms with Gasteiger partial charge in [-0.05, 0) is 32.9 Å². The topological polar surface area (TPSA) is 78.8 Å². The standard InChI is InChI=1S/C12H17NO4/c1-12(2,3)17-11(16)13-9-5-4-6-10(15)8(9)7-14/h4-6,14-15H,7H2,1-3H3,(H,13,16). The summed E-state index contributed by atoms with van der Waals surface area (Å²) >= 11 is 0. The Labute approximate surface area is 100 Å². The van der Waals surface area contributed by atoms with Gasteiger partial charge in [-0.15, -0.1) is 0 Å². The minimum absolute atomic E-state index is 0.0685. The second-order valence-electron chi connectivity index (χ2n) is 4.59. The fourth-order valence-electron chi connectivity index (χ4n) is 1.27. The highest BCUT2D eigenvalue weighted by Gasteiger charge is 2.17. The van der Waals surface area contributed by atoms with Gasteiger partial charge in [0.25, 0.3) is 0 Å². The molecule has 0 saturated heterocycles. The lowest BCUT2D eigenvalue weighted by Crippen LogP contribution is -2.27. The molecule has 0 radical (unpaired) electrons. The lowest BCUT2D eigenvalue weighted by Gasteiger charge is -2.20. The van der Waals surface area contributed by atoms with E-state index in [-0.39, 0.29) is 17.9 Å². The number of nitrogens with one attached hydrogen (secondary N) is 1. The minimum Gasteiger partial charge on any atom is -0.508 e. The molecule has 0 heterocycles. The summed E-state index contributed by atoms with van der Waals surface area (Å²) in [5.74, 6) is -0.0685. The van der Waals surface area contributed by atoms with Crippen LogP contribution in [0, 0.1) is 0 Å². The molecular formula is C12H17NO4. The van der Waals surface area contributed by atoms with Gasteiger partial charge in [-0.25, -0.2) is 4.79 Å². The lowest BCUT2D eigenvalue weighted by atomic mass is 10.1. The van der Waals surface area contributed by atoms with Gasteiger partial charge >= 0.3 is 6.09 Å².